The summed E-state index contributed by atoms with van der Waals surface area (Å²) >= 11 is 0. The van der Waals surface area contributed by atoms with E-state index in [1.165, 1.54) is 0 Å². The quantitative estimate of drug-likeness (QED) is 0.451. The van der Waals surface area contributed by atoms with Gasteiger partial charge in [0, 0.05) is 11.6 Å². The summed E-state index contributed by atoms with van der Waals surface area (Å²) in [6, 6.07) is 27.3. The molecule has 8 heteroatoms. The Bertz CT molecular complexity index is 1390. The van der Waals surface area contributed by atoms with Gasteiger partial charge in [0.1, 0.15) is 16.7 Å². The molecular weight excluding hydrogens is 378 g/mol. The van der Waals surface area contributed by atoms with Crippen LogP contribution in [0.4, 0.5) is 0 Å². The molecule has 0 amide bonds. The second-order valence-electron chi connectivity index (χ2n) is 6.90. The van der Waals surface area contributed by atoms with Gasteiger partial charge in [0.2, 0.25) is 0 Å². The van der Waals surface area contributed by atoms with Crippen molar-refractivity contribution in [3.05, 3.63) is 90.6 Å². The predicted octanol–water partition coefficient (Wildman–Crippen LogP) is 3.93. The third kappa shape index (κ3) is 2.58. The van der Waals surface area contributed by atoms with E-state index >= 15 is 0 Å². The van der Waals surface area contributed by atoms with Crippen molar-refractivity contribution >= 4 is 22.1 Å². The van der Waals surface area contributed by atoms with Crippen molar-refractivity contribution in [2.45, 2.75) is 6.17 Å². The van der Waals surface area contributed by atoms with Crippen LogP contribution in [0.5, 0.6) is 0 Å². The lowest BCUT2D eigenvalue weighted by molar-refractivity contribution is 0.368. The van der Waals surface area contributed by atoms with Crippen LogP contribution in [0, 0.1) is 0 Å². The average molecular weight is 393 g/mol. The first kappa shape index (κ1) is 16.6. The standard InChI is InChI=1S/C22H15N7O/c1-2-8-15(9-3-1)21-14-18(25-30-21)22(28-19-12-6-4-10-16(19)23-26-28)29-20-13-7-5-11-17(20)24-27-29/h1-14,22H. The zero-order valence-corrected chi connectivity index (χ0v) is 15.7. The van der Waals surface area contributed by atoms with Crippen molar-refractivity contribution in [1.82, 2.24) is 35.1 Å². The number of rotatable bonds is 4. The fourth-order valence-electron chi connectivity index (χ4n) is 3.64. The summed E-state index contributed by atoms with van der Waals surface area (Å²) in [6.45, 7) is 0. The molecule has 3 aromatic heterocycles. The topological polar surface area (TPSA) is 87.5 Å². The lowest BCUT2D eigenvalue weighted by Crippen LogP contribution is -2.22. The third-order valence-electron chi connectivity index (χ3n) is 5.07. The Morgan fingerprint density at radius 1 is 0.667 bits per heavy atom. The van der Waals surface area contributed by atoms with Crippen molar-refractivity contribution in [3.63, 3.8) is 0 Å². The molecule has 8 nitrogen and oxygen atoms in total. The molecule has 3 heterocycles. The van der Waals surface area contributed by atoms with Gasteiger partial charge in [-0.1, -0.05) is 70.2 Å². The maximum atomic E-state index is 5.68. The first-order chi connectivity index (χ1) is 14.9. The molecular formula is C22H15N7O. The van der Waals surface area contributed by atoms with Gasteiger partial charge in [0.05, 0.1) is 11.0 Å². The zero-order valence-electron chi connectivity index (χ0n) is 15.7. The Morgan fingerprint density at radius 3 is 1.87 bits per heavy atom. The van der Waals surface area contributed by atoms with Crippen molar-refractivity contribution in [2.24, 2.45) is 0 Å². The highest BCUT2D eigenvalue weighted by molar-refractivity contribution is 5.76. The summed E-state index contributed by atoms with van der Waals surface area (Å²) in [6.07, 6.45) is -0.508. The molecule has 0 saturated heterocycles. The minimum Gasteiger partial charge on any atom is -0.356 e. The van der Waals surface area contributed by atoms with Crippen molar-refractivity contribution in [2.75, 3.05) is 0 Å². The van der Waals surface area contributed by atoms with Crippen molar-refractivity contribution in [3.8, 4) is 11.3 Å². The van der Waals surface area contributed by atoms with E-state index in [9.17, 15) is 0 Å². The van der Waals surface area contributed by atoms with E-state index in [1.807, 2.05) is 84.9 Å². The van der Waals surface area contributed by atoms with E-state index < -0.39 is 6.17 Å². The van der Waals surface area contributed by atoms with Gasteiger partial charge in [-0.2, -0.15) is 0 Å². The van der Waals surface area contributed by atoms with Crippen LogP contribution in [0.1, 0.15) is 11.9 Å². The van der Waals surface area contributed by atoms with Crippen LogP contribution in [0.25, 0.3) is 33.4 Å². The lowest BCUT2D eigenvalue weighted by atomic mass is 10.1. The molecule has 6 rings (SSSR count). The SMILES string of the molecule is c1ccc(-c2cc(C(n3nnc4ccccc43)n3nnc4ccccc43)no2)cc1. The molecule has 0 N–H and O–H groups in total. The van der Waals surface area contributed by atoms with Crippen molar-refractivity contribution < 1.29 is 4.52 Å². The van der Waals surface area contributed by atoms with Gasteiger partial charge >= 0.3 is 0 Å². The zero-order chi connectivity index (χ0) is 19.9. The molecule has 0 bridgehead atoms. The van der Waals surface area contributed by atoms with E-state index in [0.29, 0.717) is 11.5 Å². The normalized spacial score (nSPS) is 11.6. The van der Waals surface area contributed by atoms with Gasteiger partial charge in [0.25, 0.3) is 0 Å². The largest absolute Gasteiger partial charge is 0.356 e. The number of para-hydroxylation sites is 2. The molecule has 0 radical (unpaired) electrons. The molecule has 0 spiro atoms. The average Bonchev–Trinajstić information content (AvgIpc) is 3.55. The first-order valence-electron chi connectivity index (χ1n) is 9.50. The molecule has 0 aliphatic carbocycles. The molecule has 144 valence electrons. The van der Waals surface area contributed by atoms with E-state index in [-0.39, 0.29) is 0 Å². The lowest BCUT2D eigenvalue weighted by Gasteiger charge is -2.16. The van der Waals surface area contributed by atoms with E-state index in [2.05, 4.69) is 25.8 Å². The molecule has 0 aliphatic heterocycles. The molecule has 0 unspecified atom stereocenters. The van der Waals surface area contributed by atoms with E-state index in [1.54, 1.807) is 9.36 Å². The highest BCUT2D eigenvalue weighted by Crippen LogP contribution is 2.29. The smallest absolute Gasteiger partial charge is 0.193 e. The molecule has 0 fully saturated rings. The Kier molecular flexibility index (Phi) is 3.67. The summed E-state index contributed by atoms with van der Waals surface area (Å²) in [4.78, 5) is 0. The molecule has 6 aromatic rings. The summed E-state index contributed by atoms with van der Waals surface area (Å²) < 4.78 is 9.27. The number of nitrogens with zero attached hydrogens (tertiary/aromatic N) is 7. The highest BCUT2D eigenvalue weighted by atomic mass is 16.5. The maximum absolute atomic E-state index is 5.68. The van der Waals surface area contributed by atoms with Crippen LogP contribution in [0.2, 0.25) is 0 Å². The molecule has 30 heavy (non-hydrogen) atoms. The Morgan fingerprint density at radius 2 is 1.23 bits per heavy atom. The number of hydrogen-bond acceptors (Lipinski definition) is 6. The van der Waals surface area contributed by atoms with Crippen LogP contribution in [-0.2, 0) is 0 Å². The Hall–Kier alpha value is -4.33. The summed E-state index contributed by atoms with van der Waals surface area (Å²) in [5, 5.41) is 21.8. The first-order valence-corrected chi connectivity index (χ1v) is 9.50. The molecule has 0 atom stereocenters. The summed E-state index contributed by atoms with van der Waals surface area (Å²) in [7, 11) is 0. The number of hydrogen-bond donors (Lipinski definition) is 0. The molecule has 3 aromatic carbocycles. The van der Waals surface area contributed by atoms with Gasteiger partial charge < -0.3 is 4.52 Å². The summed E-state index contributed by atoms with van der Waals surface area (Å²) in [5.41, 5.74) is 4.91. The van der Waals surface area contributed by atoms with E-state index in [0.717, 1.165) is 27.6 Å². The Labute approximate surface area is 170 Å². The monoisotopic (exact) mass is 393 g/mol. The van der Waals surface area contributed by atoms with Crippen molar-refractivity contribution in [1.29, 1.82) is 0 Å². The van der Waals surface area contributed by atoms with Crippen LogP contribution in [-0.4, -0.2) is 35.1 Å². The minimum absolute atomic E-state index is 0.508. The maximum Gasteiger partial charge on any atom is 0.193 e. The molecule has 0 saturated carbocycles. The van der Waals surface area contributed by atoms with Gasteiger partial charge in [-0.05, 0) is 24.3 Å². The molecule has 0 aliphatic rings. The third-order valence-corrected chi connectivity index (χ3v) is 5.07. The number of aromatic nitrogens is 7. The van der Waals surface area contributed by atoms with Gasteiger partial charge in [0.15, 0.2) is 11.9 Å². The summed E-state index contributed by atoms with van der Waals surface area (Å²) in [5.74, 6) is 0.671. The number of fused-ring (bicyclic) bond motifs is 2. The minimum atomic E-state index is -0.508. The highest BCUT2D eigenvalue weighted by Gasteiger charge is 2.26. The van der Waals surface area contributed by atoms with E-state index in [4.69, 9.17) is 4.52 Å². The van der Waals surface area contributed by atoms with Gasteiger partial charge in [-0.15, -0.1) is 10.2 Å². The Balaban J connectivity index is 1.58. The van der Waals surface area contributed by atoms with Crippen LogP contribution in [0.15, 0.2) is 89.5 Å². The number of benzene rings is 3. The van der Waals surface area contributed by atoms with Gasteiger partial charge in [-0.25, -0.2) is 9.36 Å². The fraction of sp³-hybridized carbons (Fsp3) is 0.0455. The van der Waals surface area contributed by atoms with Crippen LogP contribution in [0.3, 0.4) is 0 Å². The second-order valence-corrected chi connectivity index (χ2v) is 6.90. The van der Waals surface area contributed by atoms with Gasteiger partial charge in [-0.3, -0.25) is 0 Å². The fourth-order valence-corrected chi connectivity index (χ4v) is 3.64. The predicted molar refractivity (Wildman–Crippen MR) is 111 cm³/mol. The second kappa shape index (κ2) is 6.63. The van der Waals surface area contributed by atoms with Crippen LogP contribution >= 0.6 is 0 Å². The van der Waals surface area contributed by atoms with Crippen LogP contribution < -0.4 is 0 Å².